The first kappa shape index (κ1) is 17.8. The van der Waals surface area contributed by atoms with Crippen molar-refractivity contribution in [3.05, 3.63) is 41.0 Å². The van der Waals surface area contributed by atoms with Gasteiger partial charge in [0.25, 0.3) is 0 Å². The van der Waals surface area contributed by atoms with E-state index in [1.165, 1.54) is 0 Å². The molecule has 6 heteroatoms. The number of rotatable bonds is 7. The lowest BCUT2D eigenvalue weighted by atomic mass is 9.96. The van der Waals surface area contributed by atoms with Gasteiger partial charge in [0.05, 0.1) is 13.2 Å². The van der Waals surface area contributed by atoms with Crippen molar-refractivity contribution in [2.45, 2.75) is 39.2 Å². The standard InChI is InChI=1S/C17H24ClN3O2/c1-17(2,3)16-19-15(23-20-16)12-21(4)9-6-10-22-14-8-5-7-13(18)11-14/h5,7-8,11H,6,9-10,12H2,1-4H3. The summed E-state index contributed by atoms with van der Waals surface area (Å²) in [5.74, 6) is 2.19. The van der Waals surface area contributed by atoms with Crippen LogP contribution >= 0.6 is 11.6 Å². The number of hydrogen-bond acceptors (Lipinski definition) is 5. The summed E-state index contributed by atoms with van der Waals surface area (Å²) in [4.78, 5) is 6.58. The van der Waals surface area contributed by atoms with Crippen LogP contribution in [-0.4, -0.2) is 35.2 Å². The second-order valence-corrected chi connectivity index (χ2v) is 7.10. The molecular formula is C17H24ClN3O2. The van der Waals surface area contributed by atoms with Crippen LogP contribution in [0.3, 0.4) is 0 Å². The predicted molar refractivity (Wildman–Crippen MR) is 90.9 cm³/mol. The Morgan fingerprint density at radius 3 is 2.74 bits per heavy atom. The molecule has 0 N–H and O–H groups in total. The van der Waals surface area contributed by atoms with Gasteiger partial charge in [0.15, 0.2) is 5.82 Å². The van der Waals surface area contributed by atoms with Gasteiger partial charge in [-0.05, 0) is 31.7 Å². The topological polar surface area (TPSA) is 51.4 Å². The highest BCUT2D eigenvalue weighted by Crippen LogP contribution is 2.19. The van der Waals surface area contributed by atoms with Crippen molar-refractivity contribution in [1.29, 1.82) is 0 Å². The minimum Gasteiger partial charge on any atom is -0.493 e. The van der Waals surface area contributed by atoms with E-state index in [0.717, 1.165) is 24.5 Å². The van der Waals surface area contributed by atoms with E-state index in [4.69, 9.17) is 20.9 Å². The average Bonchev–Trinajstić information content (AvgIpc) is 2.92. The second kappa shape index (κ2) is 7.79. The van der Waals surface area contributed by atoms with Crippen molar-refractivity contribution >= 4 is 11.6 Å². The number of ether oxygens (including phenoxy) is 1. The Balaban J connectivity index is 1.71. The molecule has 2 aromatic rings. The normalized spacial score (nSPS) is 11.9. The van der Waals surface area contributed by atoms with Gasteiger partial charge in [0, 0.05) is 17.0 Å². The van der Waals surface area contributed by atoms with Crippen molar-refractivity contribution in [2.24, 2.45) is 0 Å². The fraction of sp³-hybridized carbons (Fsp3) is 0.529. The fourth-order valence-electron chi connectivity index (χ4n) is 2.01. The zero-order valence-corrected chi connectivity index (χ0v) is 14.9. The molecule has 0 saturated carbocycles. The van der Waals surface area contributed by atoms with Crippen LogP contribution in [0.1, 0.15) is 38.9 Å². The molecule has 5 nitrogen and oxygen atoms in total. The molecule has 1 aromatic heterocycles. The Hall–Kier alpha value is -1.59. The Bertz CT molecular complexity index is 622. The van der Waals surface area contributed by atoms with E-state index < -0.39 is 0 Å². The van der Waals surface area contributed by atoms with E-state index in [0.29, 0.717) is 24.1 Å². The molecule has 0 bridgehead atoms. The van der Waals surface area contributed by atoms with E-state index in [9.17, 15) is 0 Å². The third-order valence-corrected chi connectivity index (χ3v) is 3.53. The first-order valence-corrected chi connectivity index (χ1v) is 8.12. The minimum absolute atomic E-state index is 0.0921. The highest BCUT2D eigenvalue weighted by Gasteiger charge is 2.21. The molecular weight excluding hydrogens is 314 g/mol. The molecule has 0 atom stereocenters. The van der Waals surface area contributed by atoms with Crippen molar-refractivity contribution in [3.8, 4) is 5.75 Å². The quantitative estimate of drug-likeness (QED) is 0.717. The lowest BCUT2D eigenvalue weighted by Crippen LogP contribution is -2.21. The summed E-state index contributed by atoms with van der Waals surface area (Å²) in [6.07, 6.45) is 0.906. The summed E-state index contributed by atoms with van der Waals surface area (Å²) < 4.78 is 11.0. The third kappa shape index (κ3) is 5.84. The molecule has 0 saturated heterocycles. The van der Waals surface area contributed by atoms with Crippen LogP contribution in [0.4, 0.5) is 0 Å². The van der Waals surface area contributed by atoms with Gasteiger partial charge in [0.2, 0.25) is 5.89 Å². The molecule has 0 aliphatic carbocycles. The molecule has 0 fully saturated rings. The van der Waals surface area contributed by atoms with Crippen LogP contribution in [0, 0.1) is 0 Å². The van der Waals surface area contributed by atoms with E-state index in [1.807, 2.05) is 31.3 Å². The van der Waals surface area contributed by atoms with Crippen molar-refractivity contribution in [1.82, 2.24) is 15.0 Å². The van der Waals surface area contributed by atoms with E-state index in [1.54, 1.807) is 0 Å². The van der Waals surface area contributed by atoms with Gasteiger partial charge in [0.1, 0.15) is 5.75 Å². The van der Waals surface area contributed by atoms with Gasteiger partial charge in [-0.15, -0.1) is 0 Å². The summed E-state index contributed by atoms with van der Waals surface area (Å²) in [7, 11) is 2.03. The monoisotopic (exact) mass is 337 g/mol. The minimum atomic E-state index is -0.0921. The smallest absolute Gasteiger partial charge is 0.240 e. The SMILES string of the molecule is CN(CCCOc1cccc(Cl)c1)Cc1nc(C(C)(C)C)no1. The summed E-state index contributed by atoms with van der Waals surface area (Å²) >= 11 is 5.92. The average molecular weight is 338 g/mol. The van der Waals surface area contributed by atoms with Crippen LogP contribution in [0.2, 0.25) is 5.02 Å². The molecule has 2 rings (SSSR count). The molecule has 1 heterocycles. The van der Waals surface area contributed by atoms with Crippen LogP contribution in [-0.2, 0) is 12.0 Å². The number of benzene rings is 1. The maximum absolute atomic E-state index is 5.92. The Kier molecular flexibility index (Phi) is 6.02. The highest BCUT2D eigenvalue weighted by molar-refractivity contribution is 6.30. The number of hydrogen-bond donors (Lipinski definition) is 0. The molecule has 0 radical (unpaired) electrons. The third-order valence-electron chi connectivity index (χ3n) is 3.29. The van der Waals surface area contributed by atoms with E-state index >= 15 is 0 Å². The lowest BCUT2D eigenvalue weighted by Gasteiger charge is -2.14. The molecule has 0 unspecified atom stereocenters. The number of halogens is 1. The second-order valence-electron chi connectivity index (χ2n) is 6.66. The summed E-state index contributed by atoms with van der Waals surface area (Å²) in [5, 5.41) is 4.72. The van der Waals surface area contributed by atoms with Gasteiger partial charge < -0.3 is 9.26 Å². The first-order valence-electron chi connectivity index (χ1n) is 7.74. The van der Waals surface area contributed by atoms with Crippen LogP contribution < -0.4 is 4.74 Å². The summed E-state index contributed by atoms with van der Waals surface area (Å²) in [6.45, 7) is 8.37. The molecule has 0 amide bonds. The lowest BCUT2D eigenvalue weighted by molar-refractivity contribution is 0.235. The highest BCUT2D eigenvalue weighted by atomic mass is 35.5. The van der Waals surface area contributed by atoms with Crippen LogP contribution in [0.25, 0.3) is 0 Å². The largest absolute Gasteiger partial charge is 0.493 e. The predicted octanol–water partition coefficient (Wildman–Crippen LogP) is 3.92. The van der Waals surface area contributed by atoms with E-state index in [2.05, 4.69) is 35.8 Å². The maximum Gasteiger partial charge on any atom is 0.240 e. The van der Waals surface area contributed by atoms with Gasteiger partial charge in [-0.3, -0.25) is 4.90 Å². The molecule has 126 valence electrons. The Morgan fingerprint density at radius 1 is 1.30 bits per heavy atom. The molecule has 0 spiro atoms. The van der Waals surface area contributed by atoms with Crippen molar-refractivity contribution < 1.29 is 9.26 Å². The van der Waals surface area contributed by atoms with Crippen molar-refractivity contribution in [2.75, 3.05) is 20.2 Å². The fourth-order valence-corrected chi connectivity index (χ4v) is 2.20. The van der Waals surface area contributed by atoms with Gasteiger partial charge >= 0.3 is 0 Å². The van der Waals surface area contributed by atoms with Crippen LogP contribution in [0.5, 0.6) is 5.75 Å². The summed E-state index contributed by atoms with van der Waals surface area (Å²) in [5.41, 5.74) is -0.0921. The molecule has 0 aliphatic rings. The molecule has 23 heavy (non-hydrogen) atoms. The van der Waals surface area contributed by atoms with Crippen LogP contribution in [0.15, 0.2) is 28.8 Å². The van der Waals surface area contributed by atoms with Gasteiger partial charge in [-0.1, -0.05) is 43.6 Å². The number of aromatic nitrogens is 2. The number of nitrogens with zero attached hydrogens (tertiary/aromatic N) is 3. The maximum atomic E-state index is 5.92. The zero-order chi connectivity index (χ0) is 16.9. The van der Waals surface area contributed by atoms with Crippen molar-refractivity contribution in [3.63, 3.8) is 0 Å². The van der Waals surface area contributed by atoms with E-state index in [-0.39, 0.29) is 5.41 Å². The Labute approximate surface area is 142 Å². The Morgan fingerprint density at radius 2 is 2.09 bits per heavy atom. The molecule has 1 aromatic carbocycles. The van der Waals surface area contributed by atoms with Gasteiger partial charge in [-0.2, -0.15) is 4.98 Å². The first-order chi connectivity index (χ1) is 10.8. The van der Waals surface area contributed by atoms with Gasteiger partial charge in [-0.25, -0.2) is 0 Å². The molecule has 0 aliphatic heterocycles. The zero-order valence-electron chi connectivity index (χ0n) is 14.2. The summed E-state index contributed by atoms with van der Waals surface area (Å²) in [6, 6.07) is 7.43.